The highest BCUT2D eigenvalue weighted by atomic mass is 35.5. The Morgan fingerprint density at radius 3 is 2.53 bits per heavy atom. The highest BCUT2D eigenvalue weighted by Crippen LogP contribution is 2.34. The van der Waals surface area contributed by atoms with E-state index in [0.29, 0.717) is 10.8 Å². The Hall–Kier alpha value is -2.00. The van der Waals surface area contributed by atoms with Crippen molar-refractivity contribution < 1.29 is 14.6 Å². The van der Waals surface area contributed by atoms with Crippen molar-refractivity contribution in [3.05, 3.63) is 52.5 Å². The molecule has 0 spiro atoms. The molecule has 0 aliphatic heterocycles. The molecule has 0 saturated carbocycles. The van der Waals surface area contributed by atoms with E-state index in [1.54, 1.807) is 43.5 Å². The van der Waals surface area contributed by atoms with Gasteiger partial charge in [0, 0.05) is 10.6 Å². The van der Waals surface area contributed by atoms with Crippen LogP contribution < -0.4 is 4.74 Å². The monoisotopic (exact) mass is 276 g/mol. The van der Waals surface area contributed by atoms with Gasteiger partial charge in [0.15, 0.2) is 0 Å². The van der Waals surface area contributed by atoms with Gasteiger partial charge in [0.2, 0.25) is 0 Å². The second kappa shape index (κ2) is 5.33. The smallest absolute Gasteiger partial charge is 0.335 e. The first-order valence-electron chi connectivity index (χ1n) is 5.71. The maximum Gasteiger partial charge on any atom is 0.335 e. The van der Waals surface area contributed by atoms with Crippen LogP contribution in [0.2, 0.25) is 5.02 Å². The fraction of sp³-hybridized carbons (Fsp3) is 0.133. The van der Waals surface area contributed by atoms with Crippen molar-refractivity contribution in [3.8, 4) is 16.9 Å². The number of benzene rings is 2. The van der Waals surface area contributed by atoms with Crippen LogP contribution in [0.15, 0.2) is 36.4 Å². The van der Waals surface area contributed by atoms with Crippen molar-refractivity contribution in [2.75, 3.05) is 7.11 Å². The van der Waals surface area contributed by atoms with E-state index in [0.717, 1.165) is 16.7 Å². The van der Waals surface area contributed by atoms with Crippen LogP contribution in [-0.2, 0) is 0 Å². The van der Waals surface area contributed by atoms with Gasteiger partial charge in [0.05, 0.1) is 12.7 Å². The van der Waals surface area contributed by atoms with Crippen molar-refractivity contribution in [2.45, 2.75) is 6.92 Å². The Morgan fingerprint density at radius 2 is 1.89 bits per heavy atom. The van der Waals surface area contributed by atoms with Crippen molar-refractivity contribution in [3.63, 3.8) is 0 Å². The number of methoxy groups -OCH3 is 1. The Morgan fingerprint density at radius 1 is 1.16 bits per heavy atom. The summed E-state index contributed by atoms with van der Waals surface area (Å²) >= 11 is 6.01. The van der Waals surface area contributed by atoms with Gasteiger partial charge in [0.25, 0.3) is 0 Å². The number of halogens is 1. The first-order valence-corrected chi connectivity index (χ1v) is 6.08. The number of ether oxygens (including phenoxy) is 1. The molecule has 0 radical (unpaired) electrons. The SMILES string of the molecule is COc1ccc(Cl)cc1-c1cc(C(=O)O)ccc1C. The maximum absolute atomic E-state index is 11.1. The molecule has 0 fully saturated rings. The summed E-state index contributed by atoms with van der Waals surface area (Å²) in [7, 11) is 1.57. The summed E-state index contributed by atoms with van der Waals surface area (Å²) in [6, 6.07) is 10.3. The lowest BCUT2D eigenvalue weighted by Crippen LogP contribution is -1.98. The molecule has 0 bridgehead atoms. The van der Waals surface area contributed by atoms with Crippen LogP contribution in [0.1, 0.15) is 15.9 Å². The van der Waals surface area contributed by atoms with E-state index in [-0.39, 0.29) is 5.56 Å². The van der Waals surface area contributed by atoms with Crippen LogP contribution >= 0.6 is 11.6 Å². The summed E-state index contributed by atoms with van der Waals surface area (Å²) in [6.45, 7) is 1.92. The number of carboxylic acid groups (broad SMARTS) is 1. The minimum Gasteiger partial charge on any atom is -0.496 e. The van der Waals surface area contributed by atoms with E-state index in [1.165, 1.54) is 0 Å². The zero-order chi connectivity index (χ0) is 14.0. The van der Waals surface area contributed by atoms with E-state index in [9.17, 15) is 4.79 Å². The Bertz CT molecular complexity index is 635. The molecule has 2 rings (SSSR count). The van der Waals surface area contributed by atoms with Gasteiger partial charge < -0.3 is 9.84 Å². The van der Waals surface area contributed by atoms with Gasteiger partial charge in [-0.25, -0.2) is 4.79 Å². The lowest BCUT2D eigenvalue weighted by Gasteiger charge is -2.12. The van der Waals surface area contributed by atoms with Gasteiger partial charge in [0.1, 0.15) is 5.75 Å². The number of aryl methyl sites for hydroxylation is 1. The fourth-order valence-corrected chi connectivity index (χ4v) is 2.11. The van der Waals surface area contributed by atoms with E-state index in [4.69, 9.17) is 21.4 Å². The van der Waals surface area contributed by atoms with E-state index < -0.39 is 5.97 Å². The summed E-state index contributed by atoms with van der Waals surface area (Å²) < 4.78 is 5.30. The van der Waals surface area contributed by atoms with Crippen LogP contribution in [0.25, 0.3) is 11.1 Å². The second-order valence-corrected chi connectivity index (χ2v) is 4.62. The highest BCUT2D eigenvalue weighted by molar-refractivity contribution is 6.31. The molecule has 4 heteroatoms. The van der Waals surface area contributed by atoms with Crippen LogP contribution in [-0.4, -0.2) is 18.2 Å². The van der Waals surface area contributed by atoms with Crippen molar-refractivity contribution >= 4 is 17.6 Å². The lowest BCUT2D eigenvalue weighted by atomic mass is 9.97. The zero-order valence-corrected chi connectivity index (χ0v) is 11.4. The third kappa shape index (κ3) is 2.71. The van der Waals surface area contributed by atoms with Gasteiger partial charge >= 0.3 is 5.97 Å². The molecule has 0 amide bonds. The fourth-order valence-electron chi connectivity index (χ4n) is 1.94. The molecular weight excluding hydrogens is 264 g/mol. The summed E-state index contributed by atoms with van der Waals surface area (Å²) in [5, 5.41) is 9.65. The van der Waals surface area contributed by atoms with Crippen LogP contribution in [0.4, 0.5) is 0 Å². The van der Waals surface area contributed by atoms with Crippen LogP contribution in [0.3, 0.4) is 0 Å². The predicted octanol–water partition coefficient (Wildman–Crippen LogP) is 4.02. The average Bonchev–Trinajstić information content (AvgIpc) is 2.39. The number of hydrogen-bond acceptors (Lipinski definition) is 2. The van der Waals surface area contributed by atoms with Gasteiger partial charge in [-0.05, 0) is 48.4 Å². The molecular formula is C15H13ClO3. The molecule has 19 heavy (non-hydrogen) atoms. The van der Waals surface area contributed by atoms with Gasteiger partial charge in [-0.15, -0.1) is 0 Å². The Balaban J connectivity index is 2.67. The Labute approximate surface area is 116 Å². The normalized spacial score (nSPS) is 10.3. The molecule has 0 unspecified atom stereocenters. The van der Waals surface area contributed by atoms with Crippen LogP contribution in [0, 0.1) is 6.92 Å². The van der Waals surface area contributed by atoms with Gasteiger partial charge in [-0.1, -0.05) is 17.7 Å². The first-order chi connectivity index (χ1) is 9.02. The summed E-state index contributed by atoms with van der Waals surface area (Å²) in [5.41, 5.74) is 2.79. The molecule has 2 aromatic carbocycles. The zero-order valence-electron chi connectivity index (χ0n) is 10.6. The number of carboxylic acids is 1. The maximum atomic E-state index is 11.1. The molecule has 0 atom stereocenters. The molecule has 98 valence electrons. The largest absolute Gasteiger partial charge is 0.496 e. The van der Waals surface area contributed by atoms with E-state index >= 15 is 0 Å². The van der Waals surface area contributed by atoms with Crippen molar-refractivity contribution in [2.24, 2.45) is 0 Å². The highest BCUT2D eigenvalue weighted by Gasteiger charge is 2.12. The predicted molar refractivity (Wildman–Crippen MR) is 75.1 cm³/mol. The third-order valence-electron chi connectivity index (χ3n) is 2.94. The minimum absolute atomic E-state index is 0.239. The molecule has 0 saturated heterocycles. The number of carbonyl (C=O) groups is 1. The molecule has 0 aliphatic carbocycles. The first kappa shape index (κ1) is 13.4. The van der Waals surface area contributed by atoms with Crippen molar-refractivity contribution in [1.29, 1.82) is 0 Å². The summed E-state index contributed by atoms with van der Waals surface area (Å²) in [5.74, 6) is -0.294. The topological polar surface area (TPSA) is 46.5 Å². The molecule has 0 aromatic heterocycles. The molecule has 2 aromatic rings. The minimum atomic E-state index is -0.956. The van der Waals surface area contributed by atoms with Gasteiger partial charge in [-0.2, -0.15) is 0 Å². The second-order valence-electron chi connectivity index (χ2n) is 4.18. The van der Waals surface area contributed by atoms with Crippen molar-refractivity contribution in [1.82, 2.24) is 0 Å². The quantitative estimate of drug-likeness (QED) is 0.921. The summed E-state index contributed by atoms with van der Waals surface area (Å²) in [6.07, 6.45) is 0. The van der Waals surface area contributed by atoms with Crippen LogP contribution in [0.5, 0.6) is 5.75 Å². The number of rotatable bonds is 3. The van der Waals surface area contributed by atoms with E-state index in [2.05, 4.69) is 0 Å². The van der Waals surface area contributed by atoms with E-state index in [1.807, 2.05) is 6.92 Å². The molecule has 3 nitrogen and oxygen atoms in total. The van der Waals surface area contributed by atoms with Gasteiger partial charge in [-0.3, -0.25) is 0 Å². The third-order valence-corrected chi connectivity index (χ3v) is 3.17. The molecule has 1 N–H and O–H groups in total. The standard InChI is InChI=1S/C15H13ClO3/c1-9-3-4-10(15(17)18)7-12(9)13-8-11(16)5-6-14(13)19-2/h3-8H,1-2H3,(H,17,18). The lowest BCUT2D eigenvalue weighted by molar-refractivity contribution is 0.0697. The average molecular weight is 277 g/mol. The molecule has 0 heterocycles. The summed E-state index contributed by atoms with van der Waals surface area (Å²) in [4.78, 5) is 11.1. The molecule has 0 aliphatic rings. The number of aromatic carboxylic acids is 1. The number of hydrogen-bond donors (Lipinski definition) is 1. The Kier molecular flexibility index (Phi) is 3.76.